The minimum Gasteiger partial charge on any atom is -0.491 e. The Hall–Kier alpha value is -0.870. The summed E-state index contributed by atoms with van der Waals surface area (Å²) in [6, 6.07) is 6.12. The summed E-state index contributed by atoms with van der Waals surface area (Å²) in [7, 11) is 0. The lowest BCUT2D eigenvalue weighted by Crippen LogP contribution is -2.12. The van der Waals surface area contributed by atoms with Crippen LogP contribution in [0.2, 0.25) is 0 Å². The average molecular weight is 327 g/mol. The number of benzene rings is 1. The van der Waals surface area contributed by atoms with Crippen LogP contribution in [0.5, 0.6) is 5.75 Å². The first-order valence-electron chi connectivity index (χ1n) is 7.37. The van der Waals surface area contributed by atoms with E-state index >= 15 is 0 Å². The number of hydrogen-bond donors (Lipinski definition) is 0. The summed E-state index contributed by atoms with van der Waals surface area (Å²) < 4.78 is 8.05. The first-order valence-corrected chi connectivity index (χ1v) is 9.29. The largest absolute Gasteiger partial charge is 0.491 e. The van der Waals surface area contributed by atoms with Crippen LogP contribution in [0.25, 0.3) is 11.0 Å². The standard InChI is InChI=1S/C16H23ClN2OS/c1-4-8-20-14-7-5-6-13-16(14)18-15(9-17)19(13)10-12(2)11-21-3/h5-7,12H,4,8-11H2,1-3H3. The molecule has 5 heteroatoms. The zero-order valence-electron chi connectivity index (χ0n) is 12.9. The maximum absolute atomic E-state index is 6.09. The van der Waals surface area contributed by atoms with Crippen LogP contribution in [-0.4, -0.2) is 28.2 Å². The molecule has 2 rings (SSSR count). The van der Waals surface area contributed by atoms with Gasteiger partial charge in [-0.15, -0.1) is 11.6 Å². The highest BCUT2D eigenvalue weighted by atomic mass is 35.5. The van der Waals surface area contributed by atoms with E-state index in [4.69, 9.17) is 21.3 Å². The quantitative estimate of drug-likeness (QED) is 0.665. The summed E-state index contributed by atoms with van der Waals surface area (Å²) in [6.07, 6.45) is 3.13. The van der Waals surface area contributed by atoms with Gasteiger partial charge in [-0.05, 0) is 36.5 Å². The predicted molar refractivity (Wildman–Crippen MR) is 92.6 cm³/mol. The maximum atomic E-state index is 6.09. The Morgan fingerprint density at radius 2 is 2.24 bits per heavy atom. The number of ether oxygens (including phenoxy) is 1. The zero-order chi connectivity index (χ0) is 15.2. The Balaban J connectivity index is 2.39. The van der Waals surface area contributed by atoms with Crippen LogP contribution >= 0.6 is 23.4 Å². The highest BCUT2D eigenvalue weighted by Crippen LogP contribution is 2.28. The van der Waals surface area contributed by atoms with Crippen molar-refractivity contribution in [1.82, 2.24) is 9.55 Å². The molecule has 0 bridgehead atoms. The molecular weight excluding hydrogens is 304 g/mol. The van der Waals surface area contributed by atoms with Crippen molar-refractivity contribution in [2.24, 2.45) is 5.92 Å². The van der Waals surface area contributed by atoms with Crippen LogP contribution in [0.4, 0.5) is 0 Å². The third-order valence-electron chi connectivity index (χ3n) is 3.35. The van der Waals surface area contributed by atoms with Crippen molar-refractivity contribution >= 4 is 34.4 Å². The van der Waals surface area contributed by atoms with E-state index in [1.54, 1.807) is 0 Å². The molecule has 116 valence electrons. The Morgan fingerprint density at radius 1 is 1.43 bits per heavy atom. The maximum Gasteiger partial charge on any atom is 0.147 e. The van der Waals surface area contributed by atoms with Gasteiger partial charge >= 0.3 is 0 Å². The molecule has 21 heavy (non-hydrogen) atoms. The molecular formula is C16H23ClN2OS. The molecule has 0 fully saturated rings. The number of halogens is 1. The van der Waals surface area contributed by atoms with Gasteiger partial charge in [0.15, 0.2) is 0 Å². The Kier molecular flexibility index (Phi) is 6.24. The van der Waals surface area contributed by atoms with Gasteiger partial charge in [0, 0.05) is 6.54 Å². The van der Waals surface area contributed by atoms with Gasteiger partial charge in [0.2, 0.25) is 0 Å². The highest BCUT2D eigenvalue weighted by molar-refractivity contribution is 7.98. The van der Waals surface area contributed by atoms with Gasteiger partial charge in [0.05, 0.1) is 18.0 Å². The van der Waals surface area contributed by atoms with E-state index < -0.39 is 0 Å². The second-order valence-corrected chi connectivity index (χ2v) is 6.48. The molecule has 0 aliphatic rings. The number of alkyl halides is 1. The highest BCUT2D eigenvalue weighted by Gasteiger charge is 2.15. The molecule has 0 N–H and O–H groups in total. The fourth-order valence-electron chi connectivity index (χ4n) is 2.45. The van der Waals surface area contributed by atoms with Gasteiger partial charge in [0.1, 0.15) is 17.1 Å². The van der Waals surface area contributed by atoms with E-state index in [-0.39, 0.29) is 0 Å². The first-order chi connectivity index (χ1) is 10.2. The van der Waals surface area contributed by atoms with E-state index in [1.807, 2.05) is 23.9 Å². The van der Waals surface area contributed by atoms with Crippen molar-refractivity contribution in [2.45, 2.75) is 32.7 Å². The lowest BCUT2D eigenvalue weighted by molar-refractivity contribution is 0.320. The van der Waals surface area contributed by atoms with Crippen LogP contribution in [-0.2, 0) is 12.4 Å². The second kappa shape index (κ2) is 7.95. The molecule has 0 amide bonds. The normalized spacial score (nSPS) is 12.8. The van der Waals surface area contributed by atoms with E-state index in [2.05, 4.69) is 30.7 Å². The summed E-state index contributed by atoms with van der Waals surface area (Å²) in [5, 5.41) is 0. The minimum atomic E-state index is 0.424. The molecule has 1 unspecified atom stereocenters. The van der Waals surface area contributed by atoms with Crippen molar-refractivity contribution < 1.29 is 4.74 Å². The monoisotopic (exact) mass is 326 g/mol. The molecule has 1 heterocycles. The summed E-state index contributed by atoms with van der Waals surface area (Å²) in [4.78, 5) is 4.70. The van der Waals surface area contributed by atoms with Gasteiger partial charge < -0.3 is 9.30 Å². The van der Waals surface area contributed by atoms with E-state index in [9.17, 15) is 0 Å². The van der Waals surface area contributed by atoms with Crippen molar-refractivity contribution in [2.75, 3.05) is 18.6 Å². The molecule has 1 aromatic carbocycles. The van der Waals surface area contributed by atoms with Crippen LogP contribution < -0.4 is 4.74 Å². The topological polar surface area (TPSA) is 27.1 Å². The SMILES string of the molecule is CCCOc1cccc2c1nc(CCl)n2CC(C)CSC. The lowest BCUT2D eigenvalue weighted by atomic mass is 10.2. The van der Waals surface area contributed by atoms with Crippen molar-refractivity contribution in [3.8, 4) is 5.75 Å². The fraction of sp³-hybridized carbons (Fsp3) is 0.562. The third kappa shape index (κ3) is 3.86. The molecule has 1 atom stereocenters. The molecule has 0 saturated carbocycles. The smallest absolute Gasteiger partial charge is 0.147 e. The van der Waals surface area contributed by atoms with Gasteiger partial charge in [-0.1, -0.05) is 19.9 Å². The zero-order valence-corrected chi connectivity index (χ0v) is 14.5. The van der Waals surface area contributed by atoms with Crippen LogP contribution in [0, 0.1) is 5.92 Å². The molecule has 1 aromatic heterocycles. The van der Waals surface area contributed by atoms with E-state index in [0.29, 0.717) is 18.4 Å². The predicted octanol–water partition coefficient (Wildman–Crippen LogP) is 4.56. The number of rotatable bonds is 8. The number of para-hydroxylation sites is 1. The Labute approximate surface area is 136 Å². The van der Waals surface area contributed by atoms with Gasteiger partial charge in [0.25, 0.3) is 0 Å². The van der Waals surface area contributed by atoms with E-state index in [0.717, 1.165) is 41.3 Å². The first kappa shape index (κ1) is 16.5. The van der Waals surface area contributed by atoms with Crippen molar-refractivity contribution in [3.63, 3.8) is 0 Å². The van der Waals surface area contributed by atoms with Crippen molar-refractivity contribution in [1.29, 1.82) is 0 Å². The summed E-state index contributed by atoms with van der Waals surface area (Å²) in [6.45, 7) is 6.02. The summed E-state index contributed by atoms with van der Waals surface area (Å²) in [5.41, 5.74) is 2.05. The number of aromatic nitrogens is 2. The third-order valence-corrected chi connectivity index (χ3v) is 4.49. The summed E-state index contributed by atoms with van der Waals surface area (Å²) in [5.74, 6) is 3.92. The minimum absolute atomic E-state index is 0.424. The number of fused-ring (bicyclic) bond motifs is 1. The number of imidazole rings is 1. The van der Waals surface area contributed by atoms with Crippen LogP contribution in [0.3, 0.4) is 0 Å². The van der Waals surface area contributed by atoms with Gasteiger partial charge in [-0.2, -0.15) is 11.8 Å². The molecule has 0 spiro atoms. The molecule has 0 radical (unpaired) electrons. The van der Waals surface area contributed by atoms with Gasteiger partial charge in [-0.3, -0.25) is 0 Å². The van der Waals surface area contributed by atoms with Crippen molar-refractivity contribution in [3.05, 3.63) is 24.0 Å². The number of nitrogens with zero attached hydrogens (tertiary/aromatic N) is 2. The molecule has 0 saturated heterocycles. The number of hydrogen-bond acceptors (Lipinski definition) is 3. The Morgan fingerprint density at radius 3 is 2.90 bits per heavy atom. The summed E-state index contributed by atoms with van der Waals surface area (Å²) >= 11 is 7.96. The van der Waals surface area contributed by atoms with Crippen LogP contribution in [0.1, 0.15) is 26.1 Å². The van der Waals surface area contributed by atoms with Crippen LogP contribution in [0.15, 0.2) is 18.2 Å². The number of thioether (sulfide) groups is 1. The Bertz CT molecular complexity index is 585. The lowest BCUT2D eigenvalue weighted by Gasteiger charge is -2.14. The van der Waals surface area contributed by atoms with E-state index in [1.165, 1.54) is 0 Å². The molecule has 0 aliphatic carbocycles. The molecule has 3 nitrogen and oxygen atoms in total. The molecule has 0 aliphatic heterocycles. The second-order valence-electron chi connectivity index (χ2n) is 5.31. The average Bonchev–Trinajstić information content (AvgIpc) is 2.84. The molecule has 2 aromatic rings. The van der Waals surface area contributed by atoms with Gasteiger partial charge in [-0.25, -0.2) is 4.98 Å². The fourth-order valence-corrected chi connectivity index (χ4v) is 3.33.